The molecule has 0 saturated carbocycles. The molecule has 1 aromatic heterocycles. The molecule has 0 fully saturated rings. The second-order valence-corrected chi connectivity index (χ2v) is 5.36. The lowest BCUT2D eigenvalue weighted by Gasteiger charge is -2.05. The third-order valence-corrected chi connectivity index (χ3v) is 4.07. The zero-order valence-corrected chi connectivity index (χ0v) is 13.8. The van der Waals surface area contributed by atoms with Crippen molar-refractivity contribution >= 4 is 44.4 Å². The van der Waals surface area contributed by atoms with Crippen LogP contribution in [0, 0.1) is 0 Å². The van der Waals surface area contributed by atoms with Crippen LogP contribution in [0.4, 0.5) is 0 Å². The van der Waals surface area contributed by atoms with Gasteiger partial charge in [-0.3, -0.25) is 0 Å². The van der Waals surface area contributed by atoms with Gasteiger partial charge < -0.3 is 14.0 Å². The number of rotatable bonds is 4. The molecule has 0 aliphatic heterocycles. The average Bonchev–Trinajstić information content (AvgIpc) is 2.70. The number of hydrogen-bond acceptors (Lipinski definition) is 3. The smallest absolute Gasteiger partial charge is 0.340 e. The van der Waals surface area contributed by atoms with Crippen molar-refractivity contribution in [1.29, 1.82) is 0 Å². The van der Waals surface area contributed by atoms with Crippen LogP contribution in [0.1, 0.15) is 23.0 Å². The fourth-order valence-corrected chi connectivity index (χ4v) is 3.04. The van der Waals surface area contributed by atoms with E-state index in [-0.39, 0.29) is 11.8 Å². The van der Waals surface area contributed by atoms with Crippen molar-refractivity contribution < 1.29 is 14.3 Å². The van der Waals surface area contributed by atoms with Gasteiger partial charge in [0.05, 0.1) is 35.1 Å². The number of nitrogens with zero attached hydrogens (tertiary/aromatic N) is 1. The summed E-state index contributed by atoms with van der Waals surface area (Å²) in [5.74, 6) is 0.534. The summed E-state index contributed by atoms with van der Waals surface area (Å²) in [6.45, 7) is 2.10. The number of aromatic nitrogens is 1. The third-order valence-electron chi connectivity index (χ3n) is 3.20. The number of halogens is 2. The van der Waals surface area contributed by atoms with Gasteiger partial charge in [-0.2, -0.15) is 0 Å². The van der Waals surface area contributed by atoms with Gasteiger partial charge in [-0.25, -0.2) is 4.79 Å². The molecule has 2 rings (SSSR count). The Labute approximate surface area is 130 Å². The minimum atomic E-state index is -0.363. The van der Waals surface area contributed by atoms with Crippen molar-refractivity contribution in [2.45, 2.75) is 12.8 Å². The number of methoxy groups -OCH3 is 1. The zero-order chi connectivity index (χ0) is 14.9. The molecule has 0 unspecified atom stereocenters. The van der Waals surface area contributed by atoms with Crippen LogP contribution in [-0.4, -0.2) is 24.3 Å². The van der Waals surface area contributed by atoms with Crippen molar-refractivity contribution in [3.63, 3.8) is 0 Å². The molecule has 20 heavy (non-hydrogen) atoms. The number of ether oxygens (including phenoxy) is 2. The molecule has 0 atom stereocenters. The maximum Gasteiger partial charge on any atom is 0.340 e. The van der Waals surface area contributed by atoms with Crippen LogP contribution < -0.4 is 4.74 Å². The Hall–Kier alpha value is -1.20. The molecule has 108 valence electrons. The molecular weight excluding hydrogens is 346 g/mol. The Morgan fingerprint density at radius 3 is 2.70 bits per heavy atom. The lowest BCUT2D eigenvalue weighted by Crippen LogP contribution is -2.07. The van der Waals surface area contributed by atoms with Gasteiger partial charge in [0.2, 0.25) is 0 Å². The lowest BCUT2D eigenvalue weighted by atomic mass is 10.1. The highest BCUT2D eigenvalue weighted by atomic mass is 79.9. The van der Waals surface area contributed by atoms with Crippen LogP contribution >= 0.6 is 27.5 Å². The Kier molecular flexibility index (Phi) is 4.60. The Bertz CT molecular complexity index is 666. The molecule has 0 saturated heterocycles. The van der Waals surface area contributed by atoms with Crippen LogP contribution in [0.25, 0.3) is 10.9 Å². The van der Waals surface area contributed by atoms with Gasteiger partial charge >= 0.3 is 5.97 Å². The van der Waals surface area contributed by atoms with Crippen LogP contribution in [-0.2, 0) is 17.7 Å². The van der Waals surface area contributed by atoms with E-state index in [0.717, 1.165) is 21.1 Å². The van der Waals surface area contributed by atoms with E-state index in [1.54, 1.807) is 14.0 Å². The largest absolute Gasteiger partial charge is 0.496 e. The Morgan fingerprint density at radius 1 is 1.45 bits per heavy atom. The molecule has 0 spiro atoms. The van der Waals surface area contributed by atoms with Gasteiger partial charge in [0, 0.05) is 18.1 Å². The Morgan fingerprint density at radius 2 is 2.15 bits per heavy atom. The molecule has 0 aliphatic rings. The van der Waals surface area contributed by atoms with Crippen LogP contribution in [0.2, 0.25) is 0 Å². The highest BCUT2D eigenvalue weighted by Gasteiger charge is 2.23. The van der Waals surface area contributed by atoms with E-state index in [0.29, 0.717) is 17.9 Å². The fraction of sp³-hybridized carbons (Fsp3) is 0.357. The summed E-state index contributed by atoms with van der Waals surface area (Å²) in [6.07, 6.45) is 0. The number of fused-ring (bicyclic) bond motifs is 1. The first kappa shape index (κ1) is 15.2. The maximum atomic E-state index is 12.2. The number of hydrogen-bond donors (Lipinski definition) is 0. The first-order chi connectivity index (χ1) is 9.54. The van der Waals surface area contributed by atoms with Gasteiger partial charge in [-0.15, -0.1) is 11.6 Å². The van der Waals surface area contributed by atoms with Gasteiger partial charge in [-0.05, 0) is 35.0 Å². The van der Waals surface area contributed by atoms with E-state index in [2.05, 4.69) is 15.9 Å². The predicted molar refractivity (Wildman–Crippen MR) is 82.7 cm³/mol. The van der Waals surface area contributed by atoms with Crippen molar-refractivity contribution in [1.82, 2.24) is 4.57 Å². The number of benzene rings is 1. The molecule has 1 aromatic carbocycles. The topological polar surface area (TPSA) is 40.5 Å². The average molecular weight is 361 g/mol. The standard InChI is InChI=1S/C14H15BrClNO3/c1-4-20-14(18)13-8-5-12(19-3)9(15)6-10(8)17(2)11(13)7-16/h5-6H,4,7H2,1-3H3. The normalized spacial score (nSPS) is 10.8. The van der Waals surface area contributed by atoms with Crippen LogP contribution in [0.3, 0.4) is 0 Å². The predicted octanol–water partition coefficient (Wildman–Crippen LogP) is 3.86. The molecule has 1 heterocycles. The van der Waals surface area contributed by atoms with Crippen LogP contribution in [0.15, 0.2) is 16.6 Å². The summed E-state index contributed by atoms with van der Waals surface area (Å²) in [7, 11) is 3.46. The highest BCUT2D eigenvalue weighted by molar-refractivity contribution is 9.10. The molecular formula is C14H15BrClNO3. The first-order valence-electron chi connectivity index (χ1n) is 6.13. The van der Waals surface area contributed by atoms with Crippen molar-refractivity contribution in [2.75, 3.05) is 13.7 Å². The lowest BCUT2D eigenvalue weighted by molar-refractivity contribution is 0.0527. The van der Waals surface area contributed by atoms with Gasteiger partial charge in [0.25, 0.3) is 0 Å². The zero-order valence-electron chi connectivity index (χ0n) is 11.5. The minimum absolute atomic E-state index is 0.235. The molecule has 6 heteroatoms. The molecule has 4 nitrogen and oxygen atoms in total. The van der Waals surface area contributed by atoms with E-state index in [4.69, 9.17) is 21.1 Å². The van der Waals surface area contributed by atoms with E-state index in [1.165, 1.54) is 0 Å². The summed E-state index contributed by atoms with van der Waals surface area (Å²) in [6, 6.07) is 3.73. The number of carbonyl (C=O) groups is 1. The van der Waals surface area contributed by atoms with Gasteiger partial charge in [-0.1, -0.05) is 0 Å². The summed E-state index contributed by atoms with van der Waals surface area (Å²) in [4.78, 5) is 12.2. The summed E-state index contributed by atoms with van der Waals surface area (Å²) in [5.41, 5.74) is 2.14. The summed E-state index contributed by atoms with van der Waals surface area (Å²) < 4.78 is 13.1. The van der Waals surface area contributed by atoms with E-state index in [9.17, 15) is 4.79 Å². The molecule has 0 aliphatic carbocycles. The second kappa shape index (κ2) is 6.06. The fourth-order valence-electron chi connectivity index (χ4n) is 2.23. The van der Waals surface area contributed by atoms with E-state index < -0.39 is 0 Å². The molecule has 0 bridgehead atoms. The van der Waals surface area contributed by atoms with Crippen molar-refractivity contribution in [3.05, 3.63) is 27.9 Å². The van der Waals surface area contributed by atoms with E-state index in [1.807, 2.05) is 23.7 Å². The molecule has 0 amide bonds. The van der Waals surface area contributed by atoms with Crippen molar-refractivity contribution in [3.8, 4) is 5.75 Å². The third kappa shape index (κ3) is 2.40. The van der Waals surface area contributed by atoms with Crippen molar-refractivity contribution in [2.24, 2.45) is 7.05 Å². The second-order valence-electron chi connectivity index (χ2n) is 4.24. The maximum absolute atomic E-state index is 12.2. The van der Waals surface area contributed by atoms with Gasteiger partial charge in [0.15, 0.2) is 0 Å². The molecule has 0 radical (unpaired) electrons. The SMILES string of the molecule is CCOC(=O)c1c(CCl)n(C)c2cc(Br)c(OC)cc12. The number of carbonyl (C=O) groups excluding carboxylic acids is 1. The monoisotopic (exact) mass is 359 g/mol. The minimum Gasteiger partial charge on any atom is -0.496 e. The molecule has 2 aromatic rings. The first-order valence-corrected chi connectivity index (χ1v) is 7.45. The highest BCUT2D eigenvalue weighted by Crippen LogP contribution is 2.35. The summed E-state index contributed by atoms with van der Waals surface area (Å²) >= 11 is 9.44. The molecule has 0 N–H and O–H groups in total. The quantitative estimate of drug-likeness (QED) is 0.614. The number of aryl methyl sites for hydroxylation is 1. The van der Waals surface area contributed by atoms with Gasteiger partial charge in [0.1, 0.15) is 5.75 Å². The Balaban J connectivity index is 2.79. The number of esters is 1. The summed E-state index contributed by atoms with van der Waals surface area (Å²) in [5, 5.41) is 0.779. The van der Waals surface area contributed by atoms with E-state index >= 15 is 0 Å². The number of alkyl halides is 1. The van der Waals surface area contributed by atoms with Crippen LogP contribution in [0.5, 0.6) is 5.75 Å².